The van der Waals surface area contributed by atoms with E-state index >= 15 is 0 Å². The van der Waals surface area contributed by atoms with Gasteiger partial charge in [0.2, 0.25) is 0 Å². The highest BCUT2D eigenvalue weighted by molar-refractivity contribution is 8.00. The number of thioether (sulfide) groups is 1. The minimum Gasteiger partial charge on any atom is -0.491 e. The molecule has 0 spiro atoms. The molecule has 0 bridgehead atoms. The van der Waals surface area contributed by atoms with Gasteiger partial charge in [0.25, 0.3) is 0 Å². The first-order valence-corrected chi connectivity index (χ1v) is 7.96. The standard InChI is InChI=1S/C15H20N2O2S/c16-8-12-3-5-14(6-4-12)19-11-13(18)9-17-10-15-2-1-7-20-15/h3-6,13,15,17-18H,1-2,7,9-11H2. The maximum atomic E-state index is 9.84. The van der Waals surface area contributed by atoms with Crippen LogP contribution in [0.3, 0.4) is 0 Å². The third kappa shape index (κ3) is 5.04. The zero-order valence-electron chi connectivity index (χ0n) is 11.4. The van der Waals surface area contributed by atoms with Crippen molar-refractivity contribution in [1.29, 1.82) is 5.26 Å². The maximum Gasteiger partial charge on any atom is 0.119 e. The van der Waals surface area contributed by atoms with Crippen LogP contribution in [0, 0.1) is 11.3 Å². The number of hydrogen-bond donors (Lipinski definition) is 2. The lowest BCUT2D eigenvalue weighted by molar-refractivity contribution is 0.106. The second kappa shape index (κ2) is 8.15. The number of nitriles is 1. The minimum absolute atomic E-state index is 0.261. The second-order valence-electron chi connectivity index (χ2n) is 4.89. The fourth-order valence-electron chi connectivity index (χ4n) is 2.09. The molecule has 20 heavy (non-hydrogen) atoms. The van der Waals surface area contributed by atoms with Crippen LogP contribution in [0.4, 0.5) is 0 Å². The van der Waals surface area contributed by atoms with E-state index in [1.807, 2.05) is 11.8 Å². The predicted molar refractivity (Wildman–Crippen MR) is 81.0 cm³/mol. The number of nitrogens with zero attached hydrogens (tertiary/aromatic N) is 1. The average Bonchev–Trinajstić information content (AvgIpc) is 2.99. The molecule has 1 saturated heterocycles. The van der Waals surface area contributed by atoms with Gasteiger partial charge in [0.05, 0.1) is 11.6 Å². The van der Waals surface area contributed by atoms with Crippen molar-refractivity contribution >= 4 is 11.8 Å². The van der Waals surface area contributed by atoms with Gasteiger partial charge in [-0.05, 0) is 42.9 Å². The van der Waals surface area contributed by atoms with E-state index in [-0.39, 0.29) is 6.61 Å². The van der Waals surface area contributed by atoms with Gasteiger partial charge < -0.3 is 15.2 Å². The normalized spacial score (nSPS) is 19.5. The fraction of sp³-hybridized carbons (Fsp3) is 0.533. The highest BCUT2D eigenvalue weighted by atomic mass is 32.2. The summed E-state index contributed by atoms with van der Waals surface area (Å²) in [7, 11) is 0. The molecular formula is C15H20N2O2S. The Morgan fingerprint density at radius 3 is 2.90 bits per heavy atom. The summed E-state index contributed by atoms with van der Waals surface area (Å²) in [6.45, 7) is 1.77. The van der Waals surface area contributed by atoms with E-state index in [2.05, 4.69) is 11.4 Å². The molecule has 1 aromatic rings. The van der Waals surface area contributed by atoms with Crippen molar-refractivity contribution in [2.45, 2.75) is 24.2 Å². The number of aliphatic hydroxyl groups is 1. The third-order valence-corrected chi connectivity index (χ3v) is 4.60. The largest absolute Gasteiger partial charge is 0.491 e. The molecule has 0 aromatic heterocycles. The van der Waals surface area contributed by atoms with E-state index in [1.165, 1.54) is 18.6 Å². The summed E-state index contributed by atoms with van der Waals surface area (Å²) in [5, 5.41) is 22.5. The van der Waals surface area contributed by atoms with Crippen molar-refractivity contribution in [2.24, 2.45) is 0 Å². The van der Waals surface area contributed by atoms with Crippen LogP contribution in [-0.2, 0) is 0 Å². The number of ether oxygens (including phenoxy) is 1. The lowest BCUT2D eigenvalue weighted by atomic mass is 10.2. The quantitative estimate of drug-likeness (QED) is 0.802. The number of nitrogens with one attached hydrogen (secondary N) is 1. The molecule has 1 aliphatic heterocycles. The zero-order valence-corrected chi connectivity index (χ0v) is 12.2. The first kappa shape index (κ1) is 15.2. The highest BCUT2D eigenvalue weighted by Gasteiger charge is 2.15. The van der Waals surface area contributed by atoms with Crippen molar-refractivity contribution in [3.8, 4) is 11.8 Å². The van der Waals surface area contributed by atoms with E-state index < -0.39 is 6.10 Å². The van der Waals surface area contributed by atoms with Crippen LogP contribution in [0.5, 0.6) is 5.75 Å². The van der Waals surface area contributed by atoms with Crippen LogP contribution < -0.4 is 10.1 Å². The van der Waals surface area contributed by atoms with Crippen LogP contribution in [-0.4, -0.2) is 41.9 Å². The van der Waals surface area contributed by atoms with Gasteiger partial charge in [0.1, 0.15) is 18.5 Å². The monoisotopic (exact) mass is 292 g/mol. The molecule has 1 heterocycles. The summed E-state index contributed by atoms with van der Waals surface area (Å²) < 4.78 is 5.49. The molecule has 1 aromatic carbocycles. The number of aliphatic hydroxyl groups excluding tert-OH is 1. The summed E-state index contributed by atoms with van der Waals surface area (Å²) in [4.78, 5) is 0. The number of rotatable bonds is 7. The Hall–Kier alpha value is -1.22. The van der Waals surface area contributed by atoms with Gasteiger partial charge in [-0.25, -0.2) is 0 Å². The van der Waals surface area contributed by atoms with Gasteiger partial charge >= 0.3 is 0 Å². The molecule has 2 unspecified atom stereocenters. The van der Waals surface area contributed by atoms with Gasteiger partial charge in [-0.1, -0.05) is 0 Å². The zero-order chi connectivity index (χ0) is 14.2. The molecule has 0 saturated carbocycles. The van der Waals surface area contributed by atoms with E-state index in [0.29, 0.717) is 23.1 Å². The Bertz CT molecular complexity index is 438. The van der Waals surface area contributed by atoms with E-state index in [4.69, 9.17) is 10.00 Å². The summed E-state index contributed by atoms with van der Waals surface area (Å²) in [5.41, 5.74) is 0.605. The average molecular weight is 292 g/mol. The summed E-state index contributed by atoms with van der Waals surface area (Å²) in [6, 6.07) is 8.96. The van der Waals surface area contributed by atoms with Gasteiger partial charge in [-0.2, -0.15) is 17.0 Å². The Morgan fingerprint density at radius 1 is 1.45 bits per heavy atom. The molecule has 2 rings (SSSR count). The van der Waals surface area contributed by atoms with Crippen molar-refractivity contribution in [1.82, 2.24) is 5.32 Å². The molecule has 1 aliphatic rings. The lowest BCUT2D eigenvalue weighted by Gasteiger charge is -2.15. The smallest absolute Gasteiger partial charge is 0.119 e. The molecular weight excluding hydrogens is 272 g/mol. The first-order valence-electron chi connectivity index (χ1n) is 6.91. The van der Waals surface area contributed by atoms with Crippen molar-refractivity contribution in [3.05, 3.63) is 29.8 Å². The Morgan fingerprint density at radius 2 is 2.25 bits per heavy atom. The second-order valence-corrected chi connectivity index (χ2v) is 6.30. The molecule has 108 valence electrons. The van der Waals surface area contributed by atoms with Crippen LogP contribution in [0.1, 0.15) is 18.4 Å². The number of benzene rings is 1. The summed E-state index contributed by atoms with van der Waals surface area (Å²) in [6.07, 6.45) is 2.06. The van der Waals surface area contributed by atoms with E-state index in [9.17, 15) is 5.11 Å². The van der Waals surface area contributed by atoms with Crippen molar-refractivity contribution < 1.29 is 9.84 Å². The van der Waals surface area contributed by atoms with Crippen LogP contribution in [0.2, 0.25) is 0 Å². The van der Waals surface area contributed by atoms with Crippen molar-refractivity contribution in [3.63, 3.8) is 0 Å². The minimum atomic E-state index is -0.517. The Labute approximate surface area is 124 Å². The van der Waals surface area contributed by atoms with Crippen LogP contribution >= 0.6 is 11.8 Å². The summed E-state index contributed by atoms with van der Waals surface area (Å²) in [5.74, 6) is 1.94. The molecule has 1 fully saturated rings. The highest BCUT2D eigenvalue weighted by Crippen LogP contribution is 2.25. The molecule has 2 N–H and O–H groups in total. The maximum absolute atomic E-state index is 9.84. The molecule has 0 amide bonds. The van der Waals surface area contributed by atoms with Gasteiger partial charge in [0, 0.05) is 18.3 Å². The van der Waals surface area contributed by atoms with Crippen LogP contribution in [0.15, 0.2) is 24.3 Å². The molecule has 0 aliphatic carbocycles. The van der Waals surface area contributed by atoms with E-state index in [1.54, 1.807) is 24.3 Å². The fourth-order valence-corrected chi connectivity index (χ4v) is 3.33. The van der Waals surface area contributed by atoms with Gasteiger partial charge in [-0.15, -0.1) is 0 Å². The van der Waals surface area contributed by atoms with Gasteiger partial charge in [-0.3, -0.25) is 0 Å². The molecule has 5 heteroatoms. The lowest BCUT2D eigenvalue weighted by Crippen LogP contribution is -2.34. The predicted octanol–water partition coefficient (Wildman–Crippen LogP) is 1.78. The number of hydrogen-bond acceptors (Lipinski definition) is 5. The topological polar surface area (TPSA) is 65.3 Å². The molecule has 2 atom stereocenters. The SMILES string of the molecule is N#Cc1ccc(OCC(O)CNCC2CCCS2)cc1. The van der Waals surface area contributed by atoms with Gasteiger partial charge in [0.15, 0.2) is 0 Å². The third-order valence-electron chi connectivity index (χ3n) is 3.20. The molecule has 4 nitrogen and oxygen atoms in total. The van der Waals surface area contributed by atoms with Crippen molar-refractivity contribution in [2.75, 3.05) is 25.4 Å². The molecule has 0 radical (unpaired) electrons. The Balaban J connectivity index is 1.61. The summed E-state index contributed by atoms with van der Waals surface area (Å²) >= 11 is 2.01. The first-order chi connectivity index (χ1) is 9.78. The van der Waals surface area contributed by atoms with Crippen LogP contribution in [0.25, 0.3) is 0 Å². The van der Waals surface area contributed by atoms with E-state index in [0.717, 1.165) is 6.54 Å². The Kier molecular flexibility index (Phi) is 6.19.